The Balaban J connectivity index is 1.50. The lowest BCUT2D eigenvalue weighted by molar-refractivity contribution is -0.121. The van der Waals surface area contributed by atoms with Crippen LogP contribution in [0.1, 0.15) is 57.6 Å². The zero-order chi connectivity index (χ0) is 25.1. The second-order valence-electron chi connectivity index (χ2n) is 10.5. The third-order valence-corrected chi connectivity index (χ3v) is 7.86. The molecule has 3 rings (SSSR count). The van der Waals surface area contributed by atoms with Gasteiger partial charge in [0.05, 0.1) is 0 Å². The van der Waals surface area contributed by atoms with E-state index in [1.807, 2.05) is 19.1 Å². The van der Waals surface area contributed by atoms with Gasteiger partial charge in [0.1, 0.15) is 5.75 Å². The fourth-order valence-corrected chi connectivity index (χ4v) is 5.36. The van der Waals surface area contributed by atoms with Gasteiger partial charge >= 0.3 is 0 Å². The van der Waals surface area contributed by atoms with Crippen LogP contribution in [0.15, 0.2) is 54.6 Å². The summed E-state index contributed by atoms with van der Waals surface area (Å²) in [5, 5.41) is 16.5. The third kappa shape index (κ3) is 8.36. The number of carbonyl (C=O) groups excluding carboxylic acids is 1. The van der Waals surface area contributed by atoms with Crippen LogP contribution in [-0.2, 0) is 16.6 Å². The number of carbonyl (C=O) groups is 1. The standard InChI is InChI=1S/C30H45N3O2/c1-4-32-29(35)14-9-17-31-22-26(20-25-10-6-5-7-11-25)15-18-33-19-16-30(3,24(2)23-33)27-12-8-13-28(34)21-27/h5-8,10-13,21,24,26,31,34H,4,9,14-20,22-23H2,1-3H3,(H,32,35). The van der Waals surface area contributed by atoms with Crippen molar-refractivity contribution < 1.29 is 9.90 Å². The van der Waals surface area contributed by atoms with E-state index in [0.29, 0.717) is 30.6 Å². The largest absolute Gasteiger partial charge is 0.508 e. The second-order valence-corrected chi connectivity index (χ2v) is 10.5. The maximum atomic E-state index is 11.7. The summed E-state index contributed by atoms with van der Waals surface area (Å²) in [6.07, 6.45) is 4.82. The number of likely N-dealkylation sites (tertiary alicyclic amines) is 1. The van der Waals surface area contributed by atoms with Crippen molar-refractivity contribution in [1.29, 1.82) is 0 Å². The summed E-state index contributed by atoms with van der Waals surface area (Å²) in [7, 11) is 0. The van der Waals surface area contributed by atoms with Crippen LogP contribution < -0.4 is 10.6 Å². The molecule has 2 aromatic rings. The van der Waals surface area contributed by atoms with Crippen LogP contribution in [0, 0.1) is 11.8 Å². The van der Waals surface area contributed by atoms with E-state index < -0.39 is 0 Å². The molecule has 192 valence electrons. The number of benzene rings is 2. The SMILES string of the molecule is CCNC(=O)CCCNCC(CCN1CCC(C)(c2cccc(O)c2)C(C)C1)Cc1ccccc1. The summed E-state index contributed by atoms with van der Waals surface area (Å²) in [5.74, 6) is 1.60. The number of piperidine rings is 1. The van der Waals surface area contributed by atoms with Crippen molar-refractivity contribution in [2.45, 2.75) is 58.3 Å². The molecule has 2 aromatic carbocycles. The van der Waals surface area contributed by atoms with E-state index in [2.05, 4.69) is 65.8 Å². The van der Waals surface area contributed by atoms with Gasteiger partial charge in [-0.25, -0.2) is 0 Å². The molecular formula is C30H45N3O2. The Morgan fingerprint density at radius 3 is 2.71 bits per heavy atom. The highest BCUT2D eigenvalue weighted by Crippen LogP contribution is 2.40. The van der Waals surface area contributed by atoms with Crippen LogP contribution in [0.25, 0.3) is 0 Å². The number of phenolic OH excluding ortho intramolecular Hbond substituents is 1. The molecule has 0 spiro atoms. The van der Waals surface area contributed by atoms with Gasteiger partial charge in [0, 0.05) is 19.5 Å². The van der Waals surface area contributed by atoms with Gasteiger partial charge < -0.3 is 20.6 Å². The topological polar surface area (TPSA) is 64.6 Å². The number of nitrogens with zero attached hydrogens (tertiary/aromatic N) is 1. The molecule has 1 fully saturated rings. The van der Waals surface area contributed by atoms with E-state index in [1.165, 1.54) is 11.1 Å². The molecule has 0 saturated carbocycles. The van der Waals surface area contributed by atoms with Crippen LogP contribution in [0.4, 0.5) is 0 Å². The maximum absolute atomic E-state index is 11.7. The first-order valence-corrected chi connectivity index (χ1v) is 13.4. The van der Waals surface area contributed by atoms with E-state index in [0.717, 1.165) is 58.4 Å². The number of hydrogen-bond donors (Lipinski definition) is 3. The van der Waals surface area contributed by atoms with Crippen molar-refractivity contribution >= 4 is 5.91 Å². The Kier molecular flexibility index (Phi) is 10.6. The van der Waals surface area contributed by atoms with Crippen molar-refractivity contribution in [3.8, 4) is 5.75 Å². The predicted octanol–water partition coefficient (Wildman–Crippen LogP) is 4.75. The highest BCUT2D eigenvalue weighted by molar-refractivity contribution is 5.75. The average Bonchev–Trinajstić information content (AvgIpc) is 2.85. The van der Waals surface area contributed by atoms with Gasteiger partial charge in [-0.2, -0.15) is 0 Å². The first-order chi connectivity index (χ1) is 16.9. The number of amides is 1. The van der Waals surface area contributed by atoms with E-state index in [4.69, 9.17) is 0 Å². The molecule has 1 amide bonds. The number of aromatic hydroxyl groups is 1. The molecule has 3 atom stereocenters. The highest BCUT2D eigenvalue weighted by atomic mass is 16.3. The summed E-state index contributed by atoms with van der Waals surface area (Å²) in [6, 6.07) is 18.6. The minimum absolute atomic E-state index is 0.101. The first kappa shape index (κ1) is 27.2. The number of rotatable bonds is 13. The number of nitrogens with one attached hydrogen (secondary N) is 2. The molecule has 0 aliphatic carbocycles. The molecule has 0 aromatic heterocycles. The second kappa shape index (κ2) is 13.6. The lowest BCUT2D eigenvalue weighted by atomic mass is 9.68. The minimum atomic E-state index is 0.101. The van der Waals surface area contributed by atoms with Gasteiger partial charge in [0.25, 0.3) is 0 Å². The van der Waals surface area contributed by atoms with Gasteiger partial charge in [-0.15, -0.1) is 0 Å². The minimum Gasteiger partial charge on any atom is -0.508 e. The van der Waals surface area contributed by atoms with Crippen LogP contribution in [0.3, 0.4) is 0 Å². The van der Waals surface area contributed by atoms with Crippen LogP contribution in [0.5, 0.6) is 5.75 Å². The van der Waals surface area contributed by atoms with Crippen LogP contribution in [0.2, 0.25) is 0 Å². The third-order valence-electron chi connectivity index (χ3n) is 7.86. The lowest BCUT2D eigenvalue weighted by Crippen LogP contribution is -2.47. The molecular weight excluding hydrogens is 434 g/mol. The van der Waals surface area contributed by atoms with Gasteiger partial charge in [-0.1, -0.05) is 56.3 Å². The van der Waals surface area contributed by atoms with Crippen molar-refractivity contribution in [3.05, 3.63) is 65.7 Å². The maximum Gasteiger partial charge on any atom is 0.220 e. The highest BCUT2D eigenvalue weighted by Gasteiger charge is 2.38. The fourth-order valence-electron chi connectivity index (χ4n) is 5.36. The Morgan fingerprint density at radius 2 is 2.00 bits per heavy atom. The molecule has 1 heterocycles. The van der Waals surface area contributed by atoms with Crippen molar-refractivity contribution in [2.24, 2.45) is 11.8 Å². The monoisotopic (exact) mass is 479 g/mol. The van der Waals surface area contributed by atoms with Crippen molar-refractivity contribution in [3.63, 3.8) is 0 Å². The van der Waals surface area contributed by atoms with Gasteiger partial charge in [-0.05, 0) is 99.3 Å². The summed E-state index contributed by atoms with van der Waals surface area (Å²) < 4.78 is 0. The summed E-state index contributed by atoms with van der Waals surface area (Å²) in [5.41, 5.74) is 2.75. The molecule has 1 aliphatic heterocycles. The normalized spacial score (nSPS) is 21.5. The predicted molar refractivity (Wildman–Crippen MR) is 145 cm³/mol. The van der Waals surface area contributed by atoms with E-state index in [-0.39, 0.29) is 11.3 Å². The Hall–Kier alpha value is -2.37. The molecule has 35 heavy (non-hydrogen) atoms. The lowest BCUT2D eigenvalue weighted by Gasteiger charge is -2.45. The Labute approximate surface area is 212 Å². The molecule has 1 aliphatic rings. The van der Waals surface area contributed by atoms with Gasteiger partial charge in [-0.3, -0.25) is 4.79 Å². The smallest absolute Gasteiger partial charge is 0.220 e. The molecule has 1 saturated heterocycles. The quantitative estimate of drug-likeness (QED) is 0.363. The summed E-state index contributed by atoms with van der Waals surface area (Å²) >= 11 is 0. The van der Waals surface area contributed by atoms with E-state index >= 15 is 0 Å². The molecule has 3 N–H and O–H groups in total. The zero-order valence-corrected chi connectivity index (χ0v) is 21.9. The van der Waals surface area contributed by atoms with E-state index in [1.54, 1.807) is 6.07 Å². The molecule has 3 unspecified atom stereocenters. The Morgan fingerprint density at radius 1 is 1.20 bits per heavy atom. The number of hydrogen-bond acceptors (Lipinski definition) is 4. The van der Waals surface area contributed by atoms with Crippen LogP contribution >= 0.6 is 0 Å². The van der Waals surface area contributed by atoms with Gasteiger partial charge in [0.15, 0.2) is 0 Å². The molecule has 5 nitrogen and oxygen atoms in total. The molecule has 0 radical (unpaired) electrons. The molecule has 5 heteroatoms. The van der Waals surface area contributed by atoms with Crippen molar-refractivity contribution in [2.75, 3.05) is 39.3 Å². The van der Waals surface area contributed by atoms with E-state index in [9.17, 15) is 9.90 Å². The summed E-state index contributed by atoms with van der Waals surface area (Å²) in [4.78, 5) is 14.3. The fraction of sp³-hybridized carbons (Fsp3) is 0.567. The molecule has 0 bridgehead atoms. The number of phenols is 1. The first-order valence-electron chi connectivity index (χ1n) is 13.4. The average molecular weight is 480 g/mol. The van der Waals surface area contributed by atoms with Crippen LogP contribution in [-0.4, -0.2) is 55.2 Å². The van der Waals surface area contributed by atoms with Gasteiger partial charge in [0.2, 0.25) is 5.91 Å². The zero-order valence-electron chi connectivity index (χ0n) is 21.9. The summed E-state index contributed by atoms with van der Waals surface area (Å²) in [6.45, 7) is 12.5. The Bertz CT molecular complexity index is 903. The van der Waals surface area contributed by atoms with Crippen molar-refractivity contribution in [1.82, 2.24) is 15.5 Å².